The highest BCUT2D eigenvalue weighted by atomic mass is 16.5. The molecule has 0 saturated carbocycles. The van der Waals surface area contributed by atoms with Gasteiger partial charge in [-0.1, -0.05) is 54.6 Å². The van der Waals surface area contributed by atoms with Crippen LogP contribution in [0.3, 0.4) is 0 Å². The van der Waals surface area contributed by atoms with Gasteiger partial charge in [0.2, 0.25) is 11.8 Å². The second-order valence-corrected chi connectivity index (χ2v) is 8.55. The predicted octanol–water partition coefficient (Wildman–Crippen LogP) is 4.41. The number of carbonyl (C=O) groups is 2. The number of piperazine rings is 1. The summed E-state index contributed by atoms with van der Waals surface area (Å²) < 4.78 is 6.12. The van der Waals surface area contributed by atoms with Crippen LogP contribution in [-0.2, 0) is 22.4 Å². The SMILES string of the molecule is CC(=O)Nc1cccc(Oc2ccccc2CCC(=O)N2CCNC[C@H]2Cc2ccccc2)c1. The molecule has 6 heteroatoms. The van der Waals surface area contributed by atoms with Crippen molar-refractivity contribution in [2.24, 2.45) is 0 Å². The second-order valence-electron chi connectivity index (χ2n) is 8.55. The quantitative estimate of drug-likeness (QED) is 0.526. The van der Waals surface area contributed by atoms with Crippen molar-refractivity contribution in [2.75, 3.05) is 25.0 Å². The lowest BCUT2D eigenvalue weighted by atomic mass is 10.0. The first kappa shape index (κ1) is 23.5. The number of carbonyl (C=O) groups excluding carboxylic acids is 2. The van der Waals surface area contributed by atoms with Crippen LogP contribution in [0.1, 0.15) is 24.5 Å². The minimum Gasteiger partial charge on any atom is -0.457 e. The van der Waals surface area contributed by atoms with Gasteiger partial charge in [-0.2, -0.15) is 0 Å². The molecule has 0 radical (unpaired) electrons. The lowest BCUT2D eigenvalue weighted by Crippen LogP contribution is -2.54. The summed E-state index contributed by atoms with van der Waals surface area (Å²) in [4.78, 5) is 26.6. The van der Waals surface area contributed by atoms with Crippen molar-refractivity contribution in [3.63, 3.8) is 0 Å². The van der Waals surface area contributed by atoms with E-state index >= 15 is 0 Å². The predicted molar refractivity (Wildman–Crippen MR) is 134 cm³/mol. The zero-order chi connectivity index (χ0) is 23.8. The Labute approximate surface area is 200 Å². The normalized spacial score (nSPS) is 15.6. The van der Waals surface area contributed by atoms with E-state index in [9.17, 15) is 9.59 Å². The maximum absolute atomic E-state index is 13.2. The molecule has 1 aliphatic rings. The fourth-order valence-electron chi connectivity index (χ4n) is 4.32. The lowest BCUT2D eigenvalue weighted by molar-refractivity contribution is -0.134. The third kappa shape index (κ3) is 6.45. The van der Waals surface area contributed by atoms with Gasteiger partial charge in [-0.3, -0.25) is 9.59 Å². The van der Waals surface area contributed by atoms with E-state index < -0.39 is 0 Å². The van der Waals surface area contributed by atoms with Crippen molar-refractivity contribution < 1.29 is 14.3 Å². The first-order chi connectivity index (χ1) is 16.6. The Morgan fingerprint density at radius 3 is 2.65 bits per heavy atom. The van der Waals surface area contributed by atoms with Crippen molar-refractivity contribution in [1.82, 2.24) is 10.2 Å². The van der Waals surface area contributed by atoms with E-state index in [1.807, 2.05) is 65.6 Å². The molecule has 1 heterocycles. The molecule has 1 aliphatic heterocycles. The minimum atomic E-state index is -0.130. The molecule has 3 aromatic carbocycles. The van der Waals surface area contributed by atoms with E-state index in [1.54, 1.807) is 6.07 Å². The number of ether oxygens (including phenoxy) is 1. The van der Waals surface area contributed by atoms with Crippen LogP contribution in [0.25, 0.3) is 0 Å². The van der Waals surface area contributed by atoms with Gasteiger partial charge < -0.3 is 20.3 Å². The van der Waals surface area contributed by atoms with Crippen LogP contribution in [0, 0.1) is 0 Å². The number of rotatable bonds is 8. The summed E-state index contributed by atoms with van der Waals surface area (Å²) in [5, 5.41) is 6.20. The average Bonchev–Trinajstić information content (AvgIpc) is 2.84. The Kier molecular flexibility index (Phi) is 7.94. The monoisotopic (exact) mass is 457 g/mol. The lowest BCUT2D eigenvalue weighted by Gasteiger charge is -2.36. The van der Waals surface area contributed by atoms with Gasteiger partial charge in [0.15, 0.2) is 0 Å². The van der Waals surface area contributed by atoms with Gasteiger partial charge in [0, 0.05) is 50.8 Å². The van der Waals surface area contributed by atoms with Gasteiger partial charge in [-0.15, -0.1) is 0 Å². The van der Waals surface area contributed by atoms with E-state index in [0.29, 0.717) is 24.3 Å². The number of hydrogen-bond acceptors (Lipinski definition) is 4. The van der Waals surface area contributed by atoms with Crippen molar-refractivity contribution in [1.29, 1.82) is 0 Å². The molecule has 0 aromatic heterocycles. The number of amides is 2. The average molecular weight is 458 g/mol. The highest BCUT2D eigenvalue weighted by molar-refractivity contribution is 5.88. The smallest absolute Gasteiger partial charge is 0.223 e. The molecule has 176 valence electrons. The maximum Gasteiger partial charge on any atom is 0.223 e. The first-order valence-corrected chi connectivity index (χ1v) is 11.8. The van der Waals surface area contributed by atoms with E-state index in [-0.39, 0.29) is 17.9 Å². The van der Waals surface area contributed by atoms with Crippen LogP contribution in [0.5, 0.6) is 11.5 Å². The topological polar surface area (TPSA) is 70.7 Å². The summed E-state index contributed by atoms with van der Waals surface area (Å²) in [6.07, 6.45) is 1.88. The summed E-state index contributed by atoms with van der Waals surface area (Å²) >= 11 is 0. The fourth-order valence-corrected chi connectivity index (χ4v) is 4.32. The van der Waals surface area contributed by atoms with Gasteiger partial charge in [-0.05, 0) is 42.2 Å². The molecule has 3 aromatic rings. The van der Waals surface area contributed by atoms with Crippen molar-refractivity contribution in [3.05, 3.63) is 90.0 Å². The van der Waals surface area contributed by atoms with Crippen LogP contribution in [0.2, 0.25) is 0 Å². The summed E-state index contributed by atoms with van der Waals surface area (Å²) in [7, 11) is 0. The highest BCUT2D eigenvalue weighted by Gasteiger charge is 2.26. The Morgan fingerprint density at radius 2 is 1.82 bits per heavy atom. The number of hydrogen-bond donors (Lipinski definition) is 2. The van der Waals surface area contributed by atoms with Gasteiger partial charge in [-0.25, -0.2) is 0 Å². The number of nitrogens with one attached hydrogen (secondary N) is 2. The summed E-state index contributed by atoms with van der Waals surface area (Å²) in [6.45, 7) is 3.83. The molecular weight excluding hydrogens is 426 g/mol. The maximum atomic E-state index is 13.2. The molecule has 0 bridgehead atoms. The van der Waals surface area contributed by atoms with Gasteiger partial charge in [0.1, 0.15) is 11.5 Å². The third-order valence-corrected chi connectivity index (χ3v) is 5.95. The Morgan fingerprint density at radius 1 is 1.03 bits per heavy atom. The van der Waals surface area contributed by atoms with Crippen LogP contribution in [0.4, 0.5) is 5.69 Å². The van der Waals surface area contributed by atoms with Crippen LogP contribution < -0.4 is 15.4 Å². The van der Waals surface area contributed by atoms with Crippen molar-refractivity contribution in [3.8, 4) is 11.5 Å². The molecular formula is C28H31N3O3. The molecule has 0 aliphatic carbocycles. The van der Waals surface area contributed by atoms with E-state index in [4.69, 9.17) is 4.74 Å². The van der Waals surface area contributed by atoms with Crippen LogP contribution in [-0.4, -0.2) is 42.4 Å². The molecule has 0 unspecified atom stereocenters. The minimum absolute atomic E-state index is 0.130. The van der Waals surface area contributed by atoms with E-state index in [0.717, 1.165) is 37.4 Å². The first-order valence-electron chi connectivity index (χ1n) is 11.8. The Balaban J connectivity index is 1.40. The largest absolute Gasteiger partial charge is 0.457 e. The van der Waals surface area contributed by atoms with Crippen LogP contribution >= 0.6 is 0 Å². The number of anilines is 1. The number of nitrogens with zero attached hydrogens (tertiary/aromatic N) is 1. The summed E-state index contributed by atoms with van der Waals surface area (Å²) in [5.41, 5.74) is 2.91. The van der Waals surface area contributed by atoms with E-state index in [2.05, 4.69) is 22.8 Å². The molecule has 6 nitrogen and oxygen atoms in total. The third-order valence-electron chi connectivity index (χ3n) is 5.95. The summed E-state index contributed by atoms with van der Waals surface area (Å²) in [5.74, 6) is 1.39. The fraction of sp³-hybridized carbons (Fsp3) is 0.286. The second kappa shape index (κ2) is 11.5. The molecule has 1 fully saturated rings. The zero-order valence-electron chi connectivity index (χ0n) is 19.5. The Bertz CT molecular complexity index is 1120. The number of para-hydroxylation sites is 1. The molecule has 2 N–H and O–H groups in total. The molecule has 34 heavy (non-hydrogen) atoms. The number of benzene rings is 3. The van der Waals surface area contributed by atoms with Crippen molar-refractivity contribution in [2.45, 2.75) is 32.2 Å². The molecule has 4 rings (SSSR count). The van der Waals surface area contributed by atoms with Crippen LogP contribution in [0.15, 0.2) is 78.9 Å². The molecule has 2 amide bonds. The molecule has 1 saturated heterocycles. The standard InChI is InChI=1S/C28H31N3O3/c1-21(32)30-24-11-7-12-26(19-24)34-27-13-6-5-10-23(27)14-15-28(33)31-17-16-29-20-25(31)18-22-8-3-2-4-9-22/h2-13,19,25,29H,14-18,20H2,1H3,(H,30,32)/t25-/m1/s1. The van der Waals surface area contributed by atoms with Crippen molar-refractivity contribution >= 4 is 17.5 Å². The molecule has 1 atom stereocenters. The highest BCUT2D eigenvalue weighted by Crippen LogP contribution is 2.28. The van der Waals surface area contributed by atoms with Gasteiger partial charge in [0.05, 0.1) is 0 Å². The number of aryl methyl sites for hydroxylation is 1. The van der Waals surface area contributed by atoms with Gasteiger partial charge in [0.25, 0.3) is 0 Å². The Hall–Kier alpha value is -3.64. The zero-order valence-corrected chi connectivity index (χ0v) is 19.5. The van der Waals surface area contributed by atoms with E-state index in [1.165, 1.54) is 12.5 Å². The van der Waals surface area contributed by atoms with Gasteiger partial charge >= 0.3 is 0 Å². The molecule has 0 spiro atoms. The summed E-state index contributed by atoms with van der Waals surface area (Å²) in [6, 6.07) is 25.6.